The fourth-order valence-electron chi connectivity index (χ4n) is 2.74. The van der Waals surface area contributed by atoms with Crippen molar-refractivity contribution in [2.45, 2.75) is 45.6 Å². The maximum absolute atomic E-state index is 11.9. The van der Waals surface area contributed by atoms with E-state index in [0.29, 0.717) is 18.8 Å². The summed E-state index contributed by atoms with van der Waals surface area (Å²) in [6.45, 7) is 4.12. The molecule has 0 atom stereocenters. The molecule has 1 aromatic heterocycles. The van der Waals surface area contributed by atoms with Crippen LogP contribution in [0.2, 0.25) is 0 Å². The largest absolute Gasteiger partial charge is 0.351 e. The quantitative estimate of drug-likeness (QED) is 0.819. The molecule has 20 heavy (non-hydrogen) atoms. The van der Waals surface area contributed by atoms with Crippen LogP contribution in [0.5, 0.6) is 0 Å². The van der Waals surface area contributed by atoms with Crippen LogP contribution in [-0.2, 0) is 6.54 Å². The van der Waals surface area contributed by atoms with E-state index in [0.717, 1.165) is 24.8 Å². The zero-order valence-corrected chi connectivity index (χ0v) is 12.2. The number of carbonyl (C=O) groups is 1. The number of rotatable bonds is 6. The van der Waals surface area contributed by atoms with Crippen LogP contribution >= 0.6 is 0 Å². The molecule has 0 aromatic carbocycles. The Morgan fingerprint density at radius 3 is 2.90 bits per heavy atom. The van der Waals surface area contributed by atoms with Gasteiger partial charge < -0.3 is 11.1 Å². The van der Waals surface area contributed by atoms with E-state index in [2.05, 4.69) is 22.6 Å². The van der Waals surface area contributed by atoms with Gasteiger partial charge in [0, 0.05) is 13.1 Å². The van der Waals surface area contributed by atoms with Gasteiger partial charge in [0.25, 0.3) is 5.91 Å². The van der Waals surface area contributed by atoms with Crippen LogP contribution in [0, 0.1) is 11.8 Å². The highest BCUT2D eigenvalue weighted by molar-refractivity contribution is 5.91. The molecule has 0 bridgehead atoms. The first-order valence-electron chi connectivity index (χ1n) is 7.57. The summed E-state index contributed by atoms with van der Waals surface area (Å²) in [5.74, 6) is 1.50. The van der Waals surface area contributed by atoms with Crippen molar-refractivity contribution in [1.82, 2.24) is 20.3 Å². The van der Waals surface area contributed by atoms with Gasteiger partial charge in [0.1, 0.15) is 0 Å². The molecule has 1 aromatic rings. The molecule has 1 saturated carbocycles. The van der Waals surface area contributed by atoms with Gasteiger partial charge in [0.2, 0.25) is 0 Å². The number of amides is 1. The van der Waals surface area contributed by atoms with Gasteiger partial charge in [0.05, 0.1) is 12.7 Å². The molecule has 3 N–H and O–H groups in total. The lowest BCUT2D eigenvalue weighted by Gasteiger charge is -2.25. The lowest BCUT2D eigenvalue weighted by Crippen LogP contribution is -2.27. The summed E-state index contributed by atoms with van der Waals surface area (Å²) in [6, 6.07) is 0. The van der Waals surface area contributed by atoms with Crippen molar-refractivity contribution in [1.29, 1.82) is 0 Å². The fraction of sp³-hybridized carbons (Fsp3) is 0.786. The predicted octanol–water partition coefficient (Wildman–Crippen LogP) is 1.18. The Labute approximate surface area is 120 Å². The van der Waals surface area contributed by atoms with E-state index in [9.17, 15) is 4.79 Å². The van der Waals surface area contributed by atoms with Crippen molar-refractivity contribution in [2.24, 2.45) is 17.6 Å². The SMILES string of the molecule is CC1CCC(CCNC(=O)c2cn(CCN)nn2)CC1. The van der Waals surface area contributed by atoms with Gasteiger partial charge in [-0.3, -0.25) is 9.48 Å². The molecule has 0 spiro atoms. The Kier molecular flexibility index (Phi) is 5.52. The molecule has 2 rings (SSSR count). The number of hydrogen-bond acceptors (Lipinski definition) is 4. The Morgan fingerprint density at radius 1 is 1.45 bits per heavy atom. The lowest BCUT2D eigenvalue weighted by atomic mass is 9.81. The van der Waals surface area contributed by atoms with E-state index in [4.69, 9.17) is 5.73 Å². The molecule has 1 heterocycles. The van der Waals surface area contributed by atoms with E-state index in [1.807, 2.05) is 0 Å². The van der Waals surface area contributed by atoms with Crippen molar-refractivity contribution in [3.05, 3.63) is 11.9 Å². The van der Waals surface area contributed by atoms with E-state index in [1.165, 1.54) is 25.7 Å². The Bertz CT molecular complexity index is 423. The molecule has 1 fully saturated rings. The number of nitrogens with zero attached hydrogens (tertiary/aromatic N) is 3. The molecule has 6 heteroatoms. The molecule has 1 amide bonds. The number of aromatic nitrogens is 3. The molecule has 0 unspecified atom stereocenters. The van der Waals surface area contributed by atoms with Gasteiger partial charge in [-0.25, -0.2) is 0 Å². The smallest absolute Gasteiger partial charge is 0.273 e. The molecule has 0 aliphatic heterocycles. The first kappa shape index (κ1) is 15.0. The van der Waals surface area contributed by atoms with Crippen molar-refractivity contribution < 1.29 is 4.79 Å². The number of nitrogens with two attached hydrogens (primary N) is 1. The van der Waals surface area contributed by atoms with Crippen molar-refractivity contribution in [3.8, 4) is 0 Å². The summed E-state index contributed by atoms with van der Waals surface area (Å²) < 4.78 is 1.59. The van der Waals surface area contributed by atoms with Gasteiger partial charge in [-0.1, -0.05) is 37.8 Å². The highest BCUT2D eigenvalue weighted by Crippen LogP contribution is 2.29. The van der Waals surface area contributed by atoms with E-state index < -0.39 is 0 Å². The number of nitrogens with one attached hydrogen (secondary N) is 1. The highest BCUT2D eigenvalue weighted by Gasteiger charge is 2.18. The lowest BCUT2D eigenvalue weighted by molar-refractivity contribution is 0.0944. The maximum atomic E-state index is 11.9. The second-order valence-corrected chi connectivity index (χ2v) is 5.83. The van der Waals surface area contributed by atoms with E-state index in [1.54, 1.807) is 10.9 Å². The molecular formula is C14H25N5O. The Morgan fingerprint density at radius 2 is 2.20 bits per heavy atom. The van der Waals surface area contributed by atoms with Crippen molar-refractivity contribution >= 4 is 5.91 Å². The third-order valence-electron chi connectivity index (χ3n) is 4.10. The van der Waals surface area contributed by atoms with Crippen LogP contribution in [0.15, 0.2) is 6.20 Å². The van der Waals surface area contributed by atoms with Crippen molar-refractivity contribution in [2.75, 3.05) is 13.1 Å². The van der Waals surface area contributed by atoms with Crippen LogP contribution in [0.3, 0.4) is 0 Å². The van der Waals surface area contributed by atoms with Gasteiger partial charge in [-0.15, -0.1) is 5.10 Å². The molecule has 1 aliphatic carbocycles. The topological polar surface area (TPSA) is 85.8 Å². The van der Waals surface area contributed by atoms with Gasteiger partial charge in [-0.2, -0.15) is 0 Å². The molecule has 0 saturated heterocycles. The Hall–Kier alpha value is -1.43. The second kappa shape index (κ2) is 7.38. The van der Waals surface area contributed by atoms with E-state index >= 15 is 0 Å². The van der Waals surface area contributed by atoms with Crippen molar-refractivity contribution in [3.63, 3.8) is 0 Å². The van der Waals surface area contributed by atoms with Crippen LogP contribution in [0.4, 0.5) is 0 Å². The predicted molar refractivity (Wildman–Crippen MR) is 77.1 cm³/mol. The minimum absolute atomic E-state index is 0.141. The zero-order valence-electron chi connectivity index (χ0n) is 12.2. The minimum Gasteiger partial charge on any atom is -0.351 e. The van der Waals surface area contributed by atoms with Crippen LogP contribution in [-0.4, -0.2) is 34.0 Å². The zero-order chi connectivity index (χ0) is 14.4. The summed E-state index contributed by atoms with van der Waals surface area (Å²) in [6.07, 6.45) is 7.95. The van der Waals surface area contributed by atoms with Crippen LogP contribution in [0.1, 0.15) is 49.5 Å². The number of hydrogen-bond donors (Lipinski definition) is 2. The summed E-state index contributed by atoms with van der Waals surface area (Å²) in [5.41, 5.74) is 5.80. The summed E-state index contributed by atoms with van der Waals surface area (Å²) in [7, 11) is 0. The highest BCUT2D eigenvalue weighted by atomic mass is 16.2. The maximum Gasteiger partial charge on any atom is 0.273 e. The summed E-state index contributed by atoms with van der Waals surface area (Å²) >= 11 is 0. The first-order valence-corrected chi connectivity index (χ1v) is 7.57. The normalized spacial score (nSPS) is 22.7. The average molecular weight is 279 g/mol. The molecule has 0 radical (unpaired) electrons. The minimum atomic E-state index is -0.141. The summed E-state index contributed by atoms with van der Waals surface area (Å²) in [5, 5.41) is 10.6. The first-order chi connectivity index (χ1) is 9.69. The van der Waals surface area contributed by atoms with E-state index in [-0.39, 0.29) is 5.91 Å². The molecule has 6 nitrogen and oxygen atoms in total. The van der Waals surface area contributed by atoms with Gasteiger partial charge in [-0.05, 0) is 18.3 Å². The Balaban J connectivity index is 1.69. The van der Waals surface area contributed by atoms with Gasteiger partial charge >= 0.3 is 0 Å². The van der Waals surface area contributed by atoms with Gasteiger partial charge in [0.15, 0.2) is 5.69 Å². The molecule has 112 valence electrons. The monoisotopic (exact) mass is 279 g/mol. The second-order valence-electron chi connectivity index (χ2n) is 5.83. The average Bonchev–Trinajstić information content (AvgIpc) is 2.90. The molecular weight excluding hydrogens is 254 g/mol. The van der Waals surface area contributed by atoms with Crippen LogP contribution in [0.25, 0.3) is 0 Å². The summed E-state index contributed by atoms with van der Waals surface area (Å²) in [4.78, 5) is 11.9. The molecule has 1 aliphatic rings. The number of carbonyl (C=O) groups excluding carboxylic acids is 1. The standard InChI is InChI=1S/C14H25N5O/c1-11-2-4-12(5-3-11)6-8-16-14(20)13-10-19(9-7-15)18-17-13/h10-12H,2-9,15H2,1H3,(H,16,20). The third-order valence-corrected chi connectivity index (χ3v) is 4.10. The third kappa shape index (κ3) is 4.30. The van der Waals surface area contributed by atoms with Crippen LogP contribution < -0.4 is 11.1 Å². The fourth-order valence-corrected chi connectivity index (χ4v) is 2.74.